The number of aryl methyl sites for hydroxylation is 1. The second-order valence-electron chi connectivity index (χ2n) is 13.4. The van der Waals surface area contributed by atoms with Crippen molar-refractivity contribution >= 4 is 29.2 Å². The van der Waals surface area contributed by atoms with Crippen molar-refractivity contribution in [1.82, 2.24) is 4.98 Å². The summed E-state index contributed by atoms with van der Waals surface area (Å²) < 4.78 is 6.47. The van der Waals surface area contributed by atoms with Crippen LogP contribution in [0.1, 0.15) is 97.5 Å². The third-order valence-corrected chi connectivity index (χ3v) is 10.8. The molecule has 1 saturated carbocycles. The average Bonchev–Trinajstić information content (AvgIpc) is 3.28. The number of aromatic carboxylic acids is 1. The normalized spacial score (nSPS) is 26.4. The van der Waals surface area contributed by atoms with Crippen LogP contribution in [0.5, 0.6) is 5.75 Å². The fourth-order valence-corrected chi connectivity index (χ4v) is 8.42. The zero-order chi connectivity index (χ0) is 31.1. The molecule has 3 N–H and O–H groups in total. The minimum atomic E-state index is -1.13. The number of benzene rings is 2. The monoisotopic (exact) mass is 616 g/mol. The van der Waals surface area contributed by atoms with Crippen molar-refractivity contribution in [2.45, 2.75) is 88.5 Å². The van der Waals surface area contributed by atoms with Gasteiger partial charge in [0.25, 0.3) is 0 Å². The molecule has 3 aromatic rings. The van der Waals surface area contributed by atoms with Crippen LogP contribution in [0, 0.1) is 11.8 Å². The molecule has 3 aliphatic rings. The molecule has 1 aromatic heterocycles. The number of carboxylic acid groups (broad SMARTS) is 2. The van der Waals surface area contributed by atoms with Crippen molar-refractivity contribution in [2.24, 2.45) is 11.8 Å². The molecule has 6 rings (SSSR count). The van der Waals surface area contributed by atoms with Crippen LogP contribution in [0.25, 0.3) is 0 Å². The maximum absolute atomic E-state index is 12.8. The summed E-state index contributed by atoms with van der Waals surface area (Å²) in [6.07, 6.45) is 9.06. The fourth-order valence-electron chi connectivity index (χ4n) is 8.23. The third-order valence-electron chi connectivity index (χ3n) is 10.5. The Morgan fingerprint density at radius 3 is 2.64 bits per heavy atom. The van der Waals surface area contributed by atoms with Crippen LogP contribution in [0.15, 0.2) is 54.7 Å². The van der Waals surface area contributed by atoms with Gasteiger partial charge in [0.2, 0.25) is 0 Å². The number of nitrogens with zero attached hydrogens (tertiary/aromatic N) is 1. The largest absolute Gasteiger partial charge is 0.493 e. The third kappa shape index (κ3) is 5.67. The maximum atomic E-state index is 12.8. The van der Waals surface area contributed by atoms with E-state index in [9.17, 15) is 19.8 Å². The molecular formula is C36H41ClN2O5. The van der Waals surface area contributed by atoms with Gasteiger partial charge >= 0.3 is 11.9 Å². The number of aromatic nitrogens is 1. The minimum Gasteiger partial charge on any atom is -0.493 e. The molecule has 2 aromatic carbocycles. The van der Waals surface area contributed by atoms with E-state index in [1.165, 1.54) is 11.1 Å². The summed E-state index contributed by atoms with van der Waals surface area (Å²) >= 11 is 6.21. The zero-order valence-corrected chi connectivity index (χ0v) is 26.2. The van der Waals surface area contributed by atoms with Crippen molar-refractivity contribution in [3.05, 3.63) is 87.7 Å². The molecule has 232 valence electrons. The molecule has 0 unspecified atom stereocenters. The number of fused-ring (bicyclic) bond motifs is 3. The van der Waals surface area contributed by atoms with Gasteiger partial charge in [-0.05, 0) is 128 Å². The Labute approximate surface area is 264 Å². The Kier molecular flexibility index (Phi) is 8.35. The number of anilines is 1. The van der Waals surface area contributed by atoms with Crippen LogP contribution in [-0.4, -0.2) is 39.3 Å². The van der Waals surface area contributed by atoms with Gasteiger partial charge in [-0.2, -0.15) is 0 Å². The van der Waals surface area contributed by atoms with Crippen molar-refractivity contribution in [2.75, 3.05) is 11.9 Å². The Hall–Kier alpha value is -3.58. The van der Waals surface area contributed by atoms with E-state index in [1.54, 1.807) is 18.2 Å². The fraction of sp³-hybridized carbons (Fsp3) is 0.472. The molecule has 0 amide bonds. The van der Waals surface area contributed by atoms with E-state index in [0.29, 0.717) is 48.9 Å². The predicted molar refractivity (Wildman–Crippen MR) is 171 cm³/mol. The van der Waals surface area contributed by atoms with E-state index in [0.717, 1.165) is 49.1 Å². The van der Waals surface area contributed by atoms with Gasteiger partial charge in [0.15, 0.2) is 0 Å². The second-order valence-corrected chi connectivity index (χ2v) is 13.8. The smallest absolute Gasteiger partial charge is 0.335 e. The Morgan fingerprint density at radius 2 is 1.91 bits per heavy atom. The van der Waals surface area contributed by atoms with Gasteiger partial charge in [-0.1, -0.05) is 37.6 Å². The molecule has 0 aliphatic heterocycles. The highest BCUT2D eigenvalue weighted by molar-refractivity contribution is 6.30. The second kappa shape index (κ2) is 12.1. The number of rotatable bonds is 9. The highest BCUT2D eigenvalue weighted by Gasteiger charge is 2.54. The molecule has 8 heteroatoms. The number of carboxylic acids is 2. The maximum Gasteiger partial charge on any atom is 0.335 e. The molecule has 1 spiro atoms. The first-order chi connectivity index (χ1) is 21.1. The van der Waals surface area contributed by atoms with Gasteiger partial charge in [-0.25, -0.2) is 9.59 Å². The van der Waals surface area contributed by atoms with Crippen molar-refractivity contribution in [1.29, 1.82) is 0 Å². The van der Waals surface area contributed by atoms with Gasteiger partial charge in [0.1, 0.15) is 11.3 Å². The molecule has 0 radical (unpaired) electrons. The summed E-state index contributed by atoms with van der Waals surface area (Å²) in [5.74, 6) is 0.0676. The molecule has 1 heterocycles. The van der Waals surface area contributed by atoms with E-state index < -0.39 is 17.5 Å². The van der Waals surface area contributed by atoms with Crippen LogP contribution < -0.4 is 10.1 Å². The van der Waals surface area contributed by atoms with Crippen molar-refractivity contribution < 1.29 is 24.5 Å². The number of halogens is 1. The first kappa shape index (κ1) is 30.4. The van der Waals surface area contributed by atoms with Gasteiger partial charge < -0.3 is 20.3 Å². The summed E-state index contributed by atoms with van der Waals surface area (Å²) in [4.78, 5) is 29.4. The van der Waals surface area contributed by atoms with E-state index in [4.69, 9.17) is 16.3 Å². The Balaban J connectivity index is 1.24. The van der Waals surface area contributed by atoms with Gasteiger partial charge in [-0.15, -0.1) is 0 Å². The number of hydrogen-bond donors (Lipinski definition) is 3. The van der Waals surface area contributed by atoms with Gasteiger partial charge in [0, 0.05) is 28.2 Å². The van der Waals surface area contributed by atoms with Crippen LogP contribution in [0.2, 0.25) is 5.02 Å². The Bertz CT molecular complexity index is 1560. The van der Waals surface area contributed by atoms with E-state index in [-0.39, 0.29) is 22.8 Å². The standard InChI is InChI=1S/C36H41ClN2O5/c1-22(21-44-31-11-16-38-30-8-3-5-23(2)32(30)31)17-26-18-24-9-10-25(33(40)41)19-29(24)35(26)12-14-36(15-13-35,34(42)43)39-28-7-4-6-27(37)20-28/h4,6-7,9-11,16,19-20,22-23,26,39H,3,5,8,12-15,17-18,21H2,1-2H3,(H,40,41)(H,42,43)/t22-,23-,26+,35?,36?/m1/s1. The van der Waals surface area contributed by atoms with Gasteiger partial charge in [-0.3, -0.25) is 4.98 Å². The molecule has 3 atom stereocenters. The van der Waals surface area contributed by atoms with Crippen LogP contribution in [0.3, 0.4) is 0 Å². The summed E-state index contributed by atoms with van der Waals surface area (Å²) in [6, 6.07) is 14.7. The number of nitrogens with one attached hydrogen (secondary N) is 1. The molecule has 0 bridgehead atoms. The van der Waals surface area contributed by atoms with Crippen molar-refractivity contribution in [3.63, 3.8) is 0 Å². The summed E-state index contributed by atoms with van der Waals surface area (Å²) in [6.45, 7) is 5.06. The van der Waals surface area contributed by atoms with E-state index in [1.807, 2.05) is 36.5 Å². The average molecular weight is 617 g/mol. The predicted octanol–water partition coefficient (Wildman–Crippen LogP) is 7.90. The lowest BCUT2D eigenvalue weighted by molar-refractivity contribution is -0.144. The number of carbonyl (C=O) groups is 2. The molecule has 7 nitrogen and oxygen atoms in total. The summed E-state index contributed by atoms with van der Waals surface area (Å²) in [5, 5.41) is 24.1. The summed E-state index contributed by atoms with van der Waals surface area (Å²) in [7, 11) is 0. The summed E-state index contributed by atoms with van der Waals surface area (Å²) in [5.41, 5.74) is 4.21. The molecule has 1 fully saturated rings. The van der Waals surface area contributed by atoms with Crippen molar-refractivity contribution in [3.8, 4) is 5.75 Å². The molecule has 44 heavy (non-hydrogen) atoms. The Morgan fingerprint density at radius 1 is 1.11 bits per heavy atom. The number of hydrogen-bond acceptors (Lipinski definition) is 5. The zero-order valence-electron chi connectivity index (χ0n) is 25.4. The van der Waals surface area contributed by atoms with Crippen LogP contribution >= 0.6 is 11.6 Å². The van der Waals surface area contributed by atoms with E-state index >= 15 is 0 Å². The quantitative estimate of drug-likeness (QED) is 0.224. The van der Waals surface area contributed by atoms with E-state index in [2.05, 4.69) is 24.1 Å². The highest BCUT2D eigenvalue weighted by Crippen LogP contribution is 2.56. The number of ether oxygens (including phenoxy) is 1. The SMILES string of the molecule is C[C@@H](COc1ccnc2c1[C@H](C)CCC2)C[C@H]1Cc2ccc(C(=O)O)cc2C12CCC(Nc1cccc(Cl)c1)(C(=O)O)CC2. The topological polar surface area (TPSA) is 109 Å². The molecule has 0 saturated heterocycles. The minimum absolute atomic E-state index is 0.253. The lowest BCUT2D eigenvalue weighted by atomic mass is 9.59. The van der Waals surface area contributed by atoms with Gasteiger partial charge in [0.05, 0.1) is 12.2 Å². The molecule has 3 aliphatic carbocycles. The lowest BCUT2D eigenvalue weighted by Crippen LogP contribution is -2.53. The van der Waals surface area contributed by atoms with Crippen LogP contribution in [-0.2, 0) is 23.1 Å². The number of aliphatic carboxylic acids is 1. The highest BCUT2D eigenvalue weighted by atomic mass is 35.5. The first-order valence-corrected chi connectivity index (χ1v) is 16.2. The van der Waals surface area contributed by atoms with Crippen LogP contribution in [0.4, 0.5) is 5.69 Å². The molecular weight excluding hydrogens is 576 g/mol. The lowest BCUT2D eigenvalue weighted by Gasteiger charge is -2.47. The first-order valence-electron chi connectivity index (χ1n) is 15.8. The number of pyridine rings is 1.